The Labute approximate surface area is 136 Å². The second-order valence-corrected chi connectivity index (χ2v) is 5.64. The van der Waals surface area contributed by atoms with E-state index in [0.717, 1.165) is 0 Å². The number of carbonyl (C=O) groups excluding carboxylic acids is 2. The second-order valence-electron chi connectivity index (χ2n) is 5.64. The van der Waals surface area contributed by atoms with Crippen molar-refractivity contribution in [1.82, 2.24) is 5.32 Å². The normalized spacial score (nSPS) is 11.1. The van der Waals surface area contributed by atoms with Crippen molar-refractivity contribution in [2.75, 3.05) is 0 Å². The van der Waals surface area contributed by atoms with Crippen LogP contribution in [0.2, 0.25) is 0 Å². The van der Waals surface area contributed by atoms with Crippen LogP contribution in [0, 0.1) is 0 Å². The van der Waals surface area contributed by atoms with Crippen LogP contribution in [0.1, 0.15) is 31.9 Å². The summed E-state index contributed by atoms with van der Waals surface area (Å²) >= 11 is 0. The highest BCUT2D eigenvalue weighted by Gasteiger charge is 2.45. The maximum absolute atomic E-state index is 13.0. The van der Waals surface area contributed by atoms with Crippen LogP contribution in [0.15, 0.2) is 60.7 Å². The lowest BCUT2D eigenvalue weighted by atomic mass is 9.84. The molecule has 2 aromatic carbocycles. The van der Waals surface area contributed by atoms with Gasteiger partial charge in [0.15, 0.2) is 0 Å². The topological polar surface area (TPSA) is 55.4 Å². The highest BCUT2D eigenvalue weighted by atomic mass is 16.6. The van der Waals surface area contributed by atoms with Gasteiger partial charge in [-0.2, -0.15) is 0 Å². The molecular formula is C19H21NO3. The molecule has 0 spiro atoms. The number of nitrogens with one attached hydrogen (secondary N) is 1. The Kier molecular flexibility index (Phi) is 5.16. The molecule has 4 heteroatoms. The number of hydrogen-bond acceptors (Lipinski definition) is 3. The fourth-order valence-corrected chi connectivity index (χ4v) is 2.52. The van der Waals surface area contributed by atoms with E-state index in [2.05, 4.69) is 5.32 Å². The summed E-state index contributed by atoms with van der Waals surface area (Å²) in [4.78, 5) is 24.8. The minimum atomic E-state index is -1.50. The van der Waals surface area contributed by atoms with E-state index >= 15 is 0 Å². The largest absolute Gasteiger partial charge is 0.439 e. The van der Waals surface area contributed by atoms with Crippen molar-refractivity contribution >= 4 is 11.9 Å². The molecule has 1 amide bonds. The third kappa shape index (κ3) is 3.59. The molecule has 0 aliphatic carbocycles. The third-order valence-electron chi connectivity index (χ3n) is 3.40. The Hall–Kier alpha value is -2.62. The van der Waals surface area contributed by atoms with Gasteiger partial charge in [0.25, 0.3) is 5.91 Å². The second kappa shape index (κ2) is 7.09. The summed E-state index contributed by atoms with van der Waals surface area (Å²) in [5.41, 5.74) is -0.280. The van der Waals surface area contributed by atoms with Crippen LogP contribution in [-0.4, -0.2) is 17.9 Å². The van der Waals surface area contributed by atoms with E-state index in [1.807, 2.05) is 50.2 Å². The molecule has 0 fully saturated rings. The summed E-state index contributed by atoms with van der Waals surface area (Å²) in [6.45, 7) is 5.04. The monoisotopic (exact) mass is 311 g/mol. The molecule has 0 heterocycles. The SMILES string of the molecule is CC(=O)OC(C(=O)NC(C)C)(c1ccccc1)c1ccccc1. The van der Waals surface area contributed by atoms with Gasteiger partial charge in [0, 0.05) is 24.1 Å². The number of carbonyl (C=O) groups is 2. The van der Waals surface area contributed by atoms with Crippen molar-refractivity contribution in [3.05, 3.63) is 71.8 Å². The molecule has 0 aliphatic rings. The van der Waals surface area contributed by atoms with Crippen molar-refractivity contribution in [1.29, 1.82) is 0 Å². The van der Waals surface area contributed by atoms with Crippen LogP contribution in [0.25, 0.3) is 0 Å². The van der Waals surface area contributed by atoms with Gasteiger partial charge in [-0.05, 0) is 13.8 Å². The number of ether oxygens (including phenoxy) is 1. The Morgan fingerprint density at radius 2 is 1.35 bits per heavy atom. The van der Waals surface area contributed by atoms with E-state index in [1.54, 1.807) is 24.3 Å². The lowest BCUT2D eigenvalue weighted by Crippen LogP contribution is -2.50. The van der Waals surface area contributed by atoms with Crippen molar-refractivity contribution in [3.8, 4) is 0 Å². The van der Waals surface area contributed by atoms with Crippen molar-refractivity contribution in [3.63, 3.8) is 0 Å². The molecule has 0 saturated carbocycles. The van der Waals surface area contributed by atoms with Gasteiger partial charge >= 0.3 is 5.97 Å². The zero-order chi connectivity index (χ0) is 16.9. The number of benzene rings is 2. The summed E-state index contributed by atoms with van der Waals surface area (Å²) in [5, 5.41) is 2.87. The standard InChI is InChI=1S/C19H21NO3/c1-14(2)20-18(22)19(23-15(3)21,16-10-6-4-7-11-16)17-12-8-5-9-13-17/h4-14H,1-3H3,(H,20,22). The minimum Gasteiger partial charge on any atom is -0.439 e. The number of esters is 1. The lowest BCUT2D eigenvalue weighted by molar-refractivity contribution is -0.163. The zero-order valence-corrected chi connectivity index (χ0v) is 13.6. The van der Waals surface area contributed by atoms with Gasteiger partial charge in [0.2, 0.25) is 5.60 Å². The van der Waals surface area contributed by atoms with Gasteiger partial charge in [-0.15, -0.1) is 0 Å². The highest BCUT2D eigenvalue weighted by Crippen LogP contribution is 2.34. The smallest absolute Gasteiger partial charge is 0.304 e. The maximum Gasteiger partial charge on any atom is 0.304 e. The Bertz CT molecular complexity index is 626. The van der Waals surface area contributed by atoms with E-state index in [1.165, 1.54) is 6.92 Å². The number of amides is 1. The van der Waals surface area contributed by atoms with Crippen LogP contribution in [0.5, 0.6) is 0 Å². The van der Waals surface area contributed by atoms with E-state index in [9.17, 15) is 9.59 Å². The molecule has 2 aromatic rings. The molecule has 0 radical (unpaired) electrons. The fourth-order valence-electron chi connectivity index (χ4n) is 2.52. The Balaban J connectivity index is 2.68. The fraction of sp³-hybridized carbons (Fsp3) is 0.263. The average molecular weight is 311 g/mol. The highest BCUT2D eigenvalue weighted by molar-refractivity contribution is 5.92. The van der Waals surface area contributed by atoms with Gasteiger partial charge in [-0.3, -0.25) is 9.59 Å². The van der Waals surface area contributed by atoms with Gasteiger partial charge in [0.1, 0.15) is 0 Å². The summed E-state index contributed by atoms with van der Waals surface area (Å²) in [6.07, 6.45) is 0. The van der Waals surface area contributed by atoms with Crippen molar-refractivity contribution in [2.24, 2.45) is 0 Å². The molecule has 23 heavy (non-hydrogen) atoms. The lowest BCUT2D eigenvalue weighted by Gasteiger charge is -2.33. The molecule has 0 unspecified atom stereocenters. The first kappa shape index (κ1) is 16.7. The Morgan fingerprint density at radius 1 is 0.913 bits per heavy atom. The average Bonchev–Trinajstić information content (AvgIpc) is 2.53. The molecule has 0 bridgehead atoms. The first-order valence-electron chi connectivity index (χ1n) is 7.58. The quantitative estimate of drug-likeness (QED) is 0.864. The predicted molar refractivity (Wildman–Crippen MR) is 88.7 cm³/mol. The molecule has 1 N–H and O–H groups in total. The molecule has 0 aliphatic heterocycles. The maximum atomic E-state index is 13.0. The van der Waals surface area contributed by atoms with Crippen molar-refractivity contribution in [2.45, 2.75) is 32.4 Å². The van der Waals surface area contributed by atoms with Crippen LogP contribution in [-0.2, 0) is 19.9 Å². The van der Waals surface area contributed by atoms with E-state index in [-0.39, 0.29) is 11.9 Å². The van der Waals surface area contributed by atoms with Gasteiger partial charge in [-0.1, -0.05) is 60.7 Å². The first-order chi connectivity index (χ1) is 11.0. The van der Waals surface area contributed by atoms with Gasteiger partial charge < -0.3 is 10.1 Å². The van der Waals surface area contributed by atoms with Gasteiger partial charge in [0.05, 0.1) is 0 Å². The van der Waals surface area contributed by atoms with Crippen LogP contribution < -0.4 is 5.32 Å². The van der Waals surface area contributed by atoms with Crippen LogP contribution >= 0.6 is 0 Å². The summed E-state index contributed by atoms with van der Waals surface area (Å²) in [7, 11) is 0. The molecular weight excluding hydrogens is 290 g/mol. The zero-order valence-electron chi connectivity index (χ0n) is 13.6. The number of rotatable bonds is 5. The molecule has 0 saturated heterocycles. The van der Waals surface area contributed by atoms with Crippen LogP contribution in [0.3, 0.4) is 0 Å². The van der Waals surface area contributed by atoms with Gasteiger partial charge in [-0.25, -0.2) is 0 Å². The van der Waals surface area contributed by atoms with E-state index < -0.39 is 11.6 Å². The number of hydrogen-bond donors (Lipinski definition) is 1. The molecule has 0 atom stereocenters. The summed E-state index contributed by atoms with van der Waals surface area (Å²) < 4.78 is 5.62. The predicted octanol–water partition coefficient (Wildman–Crippen LogP) is 3.02. The van der Waals surface area contributed by atoms with Crippen LogP contribution in [0.4, 0.5) is 0 Å². The molecule has 4 nitrogen and oxygen atoms in total. The molecule has 120 valence electrons. The summed E-state index contributed by atoms with van der Waals surface area (Å²) in [6, 6.07) is 18.1. The molecule has 0 aromatic heterocycles. The van der Waals surface area contributed by atoms with Crippen molar-refractivity contribution < 1.29 is 14.3 Å². The van der Waals surface area contributed by atoms with E-state index in [0.29, 0.717) is 11.1 Å². The Morgan fingerprint density at radius 3 is 1.70 bits per heavy atom. The van der Waals surface area contributed by atoms with E-state index in [4.69, 9.17) is 4.74 Å². The first-order valence-corrected chi connectivity index (χ1v) is 7.58. The minimum absolute atomic E-state index is 0.0788. The third-order valence-corrected chi connectivity index (χ3v) is 3.40. The summed E-state index contributed by atoms with van der Waals surface area (Å²) in [5.74, 6) is -0.878. The molecule has 2 rings (SSSR count).